The van der Waals surface area contributed by atoms with Gasteiger partial charge in [0.25, 0.3) is 0 Å². The Balaban J connectivity index is 2.39. The summed E-state index contributed by atoms with van der Waals surface area (Å²) in [6.45, 7) is 2.16. The number of aryl methyl sites for hydroxylation is 1. The Hall–Kier alpha value is -0.160. The fraction of sp³-hybridized carbons (Fsp3) is 0.231. The van der Waals surface area contributed by atoms with E-state index in [1.165, 1.54) is 16.0 Å². The van der Waals surface area contributed by atoms with Crippen LogP contribution in [0.4, 0.5) is 0 Å². The zero-order chi connectivity index (χ0) is 12.4. The molecule has 2 N–H and O–H groups in total. The van der Waals surface area contributed by atoms with E-state index < -0.39 is 0 Å². The van der Waals surface area contributed by atoms with Crippen molar-refractivity contribution in [3.8, 4) is 0 Å². The van der Waals surface area contributed by atoms with Crippen molar-refractivity contribution in [3.05, 3.63) is 54.6 Å². The van der Waals surface area contributed by atoms with Crippen LogP contribution in [0.3, 0.4) is 0 Å². The highest BCUT2D eigenvalue weighted by Gasteiger charge is 2.15. The Labute approximate surface area is 122 Å². The van der Waals surface area contributed by atoms with Crippen LogP contribution in [0.15, 0.2) is 38.6 Å². The summed E-state index contributed by atoms with van der Waals surface area (Å²) in [7, 11) is 0. The molecule has 0 aliphatic carbocycles. The predicted octanol–water partition coefficient (Wildman–Crippen LogP) is 4.88. The van der Waals surface area contributed by atoms with Crippen LogP contribution in [0.1, 0.15) is 29.0 Å². The lowest BCUT2D eigenvalue weighted by atomic mass is 9.98. The summed E-state index contributed by atoms with van der Waals surface area (Å²) >= 11 is 8.69. The second-order valence-electron chi connectivity index (χ2n) is 3.80. The Morgan fingerprint density at radius 3 is 2.59 bits per heavy atom. The third-order valence-electron chi connectivity index (χ3n) is 2.74. The molecule has 17 heavy (non-hydrogen) atoms. The molecule has 0 amide bonds. The molecule has 0 spiro atoms. The second-order valence-corrected chi connectivity index (χ2v) is 7.06. The van der Waals surface area contributed by atoms with E-state index in [4.69, 9.17) is 5.73 Å². The molecule has 0 fully saturated rings. The molecule has 0 aliphatic rings. The minimum atomic E-state index is -0.0428. The molecule has 0 bridgehead atoms. The van der Waals surface area contributed by atoms with Crippen molar-refractivity contribution in [2.75, 3.05) is 0 Å². The molecule has 1 nitrogen and oxygen atoms in total. The number of thiophene rings is 1. The SMILES string of the molecule is CCc1ccccc1C(N)c1cc(Br)c(Br)s1. The van der Waals surface area contributed by atoms with Gasteiger partial charge in [0.1, 0.15) is 0 Å². The molecule has 0 saturated carbocycles. The van der Waals surface area contributed by atoms with E-state index in [1.54, 1.807) is 11.3 Å². The van der Waals surface area contributed by atoms with Crippen molar-refractivity contribution in [2.45, 2.75) is 19.4 Å². The van der Waals surface area contributed by atoms with Gasteiger partial charge in [-0.2, -0.15) is 0 Å². The van der Waals surface area contributed by atoms with Gasteiger partial charge >= 0.3 is 0 Å². The minimum absolute atomic E-state index is 0.0428. The van der Waals surface area contributed by atoms with E-state index in [0.29, 0.717) is 0 Å². The van der Waals surface area contributed by atoms with Gasteiger partial charge in [-0.1, -0.05) is 31.2 Å². The van der Waals surface area contributed by atoms with E-state index in [0.717, 1.165) is 14.7 Å². The summed E-state index contributed by atoms with van der Waals surface area (Å²) in [5.74, 6) is 0. The molecule has 1 aromatic carbocycles. The minimum Gasteiger partial charge on any atom is -0.320 e. The lowest BCUT2D eigenvalue weighted by molar-refractivity contribution is 0.868. The number of hydrogen-bond acceptors (Lipinski definition) is 2. The first-order valence-electron chi connectivity index (χ1n) is 5.41. The van der Waals surface area contributed by atoms with Gasteiger partial charge in [0.15, 0.2) is 0 Å². The molecule has 4 heteroatoms. The van der Waals surface area contributed by atoms with Crippen LogP contribution >= 0.6 is 43.2 Å². The van der Waals surface area contributed by atoms with Gasteiger partial charge in [-0.25, -0.2) is 0 Å². The highest BCUT2D eigenvalue weighted by Crippen LogP contribution is 2.37. The van der Waals surface area contributed by atoms with Crippen molar-refractivity contribution in [2.24, 2.45) is 5.73 Å². The fourth-order valence-electron chi connectivity index (χ4n) is 1.83. The van der Waals surface area contributed by atoms with Crippen molar-refractivity contribution < 1.29 is 0 Å². The first-order chi connectivity index (χ1) is 8.13. The van der Waals surface area contributed by atoms with E-state index in [1.807, 2.05) is 6.07 Å². The number of hydrogen-bond donors (Lipinski definition) is 1. The lowest BCUT2D eigenvalue weighted by Crippen LogP contribution is -2.12. The molecule has 90 valence electrons. The second kappa shape index (κ2) is 5.65. The molecule has 2 rings (SSSR count). The smallest absolute Gasteiger partial charge is 0.0843 e. The summed E-state index contributed by atoms with van der Waals surface area (Å²) in [4.78, 5) is 1.17. The van der Waals surface area contributed by atoms with E-state index in [-0.39, 0.29) is 6.04 Å². The monoisotopic (exact) mass is 373 g/mol. The first-order valence-corrected chi connectivity index (χ1v) is 7.81. The quantitative estimate of drug-likeness (QED) is 0.813. The maximum Gasteiger partial charge on any atom is 0.0843 e. The van der Waals surface area contributed by atoms with E-state index in [2.05, 4.69) is 63.0 Å². The largest absolute Gasteiger partial charge is 0.320 e. The molecule has 1 heterocycles. The van der Waals surface area contributed by atoms with E-state index in [9.17, 15) is 0 Å². The highest BCUT2D eigenvalue weighted by molar-refractivity contribution is 9.13. The van der Waals surface area contributed by atoms with Gasteiger partial charge in [-0.15, -0.1) is 11.3 Å². The van der Waals surface area contributed by atoms with Gasteiger partial charge in [-0.3, -0.25) is 0 Å². The van der Waals surface area contributed by atoms with E-state index >= 15 is 0 Å². The van der Waals surface area contributed by atoms with Crippen LogP contribution in [0.5, 0.6) is 0 Å². The Morgan fingerprint density at radius 1 is 1.29 bits per heavy atom. The molecule has 2 aromatic rings. The summed E-state index contributed by atoms with van der Waals surface area (Å²) in [5.41, 5.74) is 8.88. The summed E-state index contributed by atoms with van der Waals surface area (Å²) in [5, 5.41) is 0. The molecule has 1 aromatic heterocycles. The van der Waals surface area contributed by atoms with Crippen molar-refractivity contribution in [3.63, 3.8) is 0 Å². The standard InChI is InChI=1S/C13H13Br2NS/c1-2-8-5-3-4-6-9(8)12(16)11-7-10(14)13(15)17-11/h3-7,12H,2,16H2,1H3. The zero-order valence-electron chi connectivity index (χ0n) is 9.41. The molecular weight excluding hydrogens is 362 g/mol. The van der Waals surface area contributed by atoms with Gasteiger partial charge < -0.3 is 5.73 Å². The average Bonchev–Trinajstić information content (AvgIpc) is 2.68. The summed E-state index contributed by atoms with van der Waals surface area (Å²) < 4.78 is 2.17. The Kier molecular flexibility index (Phi) is 4.42. The number of rotatable bonds is 3. The summed E-state index contributed by atoms with van der Waals surface area (Å²) in [6.07, 6.45) is 1.01. The van der Waals surface area contributed by atoms with Gasteiger partial charge in [0.05, 0.1) is 9.83 Å². The molecule has 1 unspecified atom stereocenters. The average molecular weight is 375 g/mol. The third kappa shape index (κ3) is 2.81. The van der Waals surface area contributed by atoms with Crippen LogP contribution in [0.25, 0.3) is 0 Å². The molecule has 0 saturated heterocycles. The van der Waals surface area contributed by atoms with Gasteiger partial charge in [0, 0.05) is 9.35 Å². The van der Waals surface area contributed by atoms with Crippen molar-refractivity contribution >= 4 is 43.2 Å². The first kappa shape index (κ1) is 13.3. The van der Waals surface area contributed by atoms with Crippen molar-refractivity contribution in [1.29, 1.82) is 0 Å². The molecule has 0 aliphatic heterocycles. The maximum atomic E-state index is 6.34. The topological polar surface area (TPSA) is 26.0 Å². The molecular formula is C13H13Br2NS. The number of nitrogens with two attached hydrogens (primary N) is 1. The Morgan fingerprint density at radius 2 is 2.00 bits per heavy atom. The number of halogens is 2. The predicted molar refractivity (Wildman–Crippen MR) is 81.6 cm³/mol. The molecule has 0 radical (unpaired) electrons. The maximum absolute atomic E-state index is 6.34. The normalized spacial score (nSPS) is 12.7. The summed E-state index contributed by atoms with van der Waals surface area (Å²) in [6, 6.07) is 10.4. The van der Waals surface area contributed by atoms with Crippen LogP contribution in [0.2, 0.25) is 0 Å². The fourth-order valence-corrected chi connectivity index (χ4v) is 3.94. The lowest BCUT2D eigenvalue weighted by Gasteiger charge is -2.14. The molecule has 1 atom stereocenters. The van der Waals surface area contributed by atoms with Gasteiger partial charge in [0.2, 0.25) is 0 Å². The zero-order valence-corrected chi connectivity index (χ0v) is 13.4. The van der Waals surface area contributed by atoms with Crippen LogP contribution in [-0.2, 0) is 6.42 Å². The van der Waals surface area contributed by atoms with Crippen LogP contribution in [0, 0.1) is 0 Å². The van der Waals surface area contributed by atoms with Crippen LogP contribution < -0.4 is 5.73 Å². The number of benzene rings is 1. The van der Waals surface area contributed by atoms with Crippen molar-refractivity contribution in [1.82, 2.24) is 0 Å². The Bertz CT molecular complexity index is 502. The third-order valence-corrected chi connectivity index (χ3v) is 6.08. The van der Waals surface area contributed by atoms with Crippen LogP contribution in [-0.4, -0.2) is 0 Å². The highest BCUT2D eigenvalue weighted by atomic mass is 79.9. The van der Waals surface area contributed by atoms with Gasteiger partial charge in [-0.05, 0) is 55.5 Å².